The smallest absolute Gasteiger partial charge is 0.119 e. The van der Waals surface area contributed by atoms with E-state index >= 15 is 0 Å². The molecule has 0 aliphatic heterocycles. The first kappa shape index (κ1) is 16.7. The van der Waals surface area contributed by atoms with E-state index < -0.39 is 0 Å². The van der Waals surface area contributed by atoms with E-state index in [1.54, 1.807) is 0 Å². The van der Waals surface area contributed by atoms with Gasteiger partial charge < -0.3 is 4.74 Å². The molecular weight excluding hydrogens is 371 g/mol. The Morgan fingerprint density at radius 3 is 2.14 bits per heavy atom. The average Bonchev–Trinajstić information content (AvgIpc) is 2.54. The third-order valence-electron chi connectivity index (χ3n) is 3.55. The zero-order valence-electron chi connectivity index (χ0n) is 11.6. The Kier molecular flexibility index (Phi) is 6.40. The molecule has 2 rings (SSSR count). The fraction of sp³-hybridized carbons (Fsp3) is 0.294. The van der Waals surface area contributed by atoms with Gasteiger partial charge >= 0.3 is 0 Å². The molecule has 2 aromatic carbocycles. The van der Waals surface area contributed by atoms with E-state index in [-0.39, 0.29) is 5.41 Å². The topological polar surface area (TPSA) is 9.23 Å². The summed E-state index contributed by atoms with van der Waals surface area (Å²) in [5.74, 6) is 1.77. The van der Waals surface area contributed by atoms with Crippen LogP contribution >= 0.6 is 39.1 Å². The first-order valence-corrected chi connectivity index (χ1v) is 8.63. The maximum absolute atomic E-state index is 6.25. The summed E-state index contributed by atoms with van der Waals surface area (Å²) >= 11 is 16.1. The molecule has 0 fully saturated rings. The summed E-state index contributed by atoms with van der Waals surface area (Å²) in [4.78, 5) is 0. The Labute approximate surface area is 144 Å². The van der Waals surface area contributed by atoms with E-state index in [1.165, 1.54) is 0 Å². The van der Waals surface area contributed by atoms with Crippen molar-refractivity contribution >= 4 is 39.1 Å². The predicted octanol–water partition coefficient (Wildman–Crippen LogP) is 5.63. The van der Waals surface area contributed by atoms with Crippen molar-refractivity contribution in [3.8, 4) is 5.75 Å². The Balaban J connectivity index is 2.10. The zero-order chi connectivity index (χ0) is 15.1. The highest BCUT2D eigenvalue weighted by molar-refractivity contribution is 9.10. The molecule has 0 aromatic heterocycles. The van der Waals surface area contributed by atoms with Crippen LogP contribution in [-0.2, 0) is 5.41 Å². The normalized spacial score (nSPS) is 11.4. The Morgan fingerprint density at radius 2 is 1.52 bits per heavy atom. The molecule has 0 saturated carbocycles. The van der Waals surface area contributed by atoms with Crippen LogP contribution in [0.1, 0.15) is 12.0 Å². The van der Waals surface area contributed by atoms with Gasteiger partial charge in [0.15, 0.2) is 0 Å². The molecule has 21 heavy (non-hydrogen) atoms. The molecule has 0 radical (unpaired) electrons. The van der Waals surface area contributed by atoms with Gasteiger partial charge in [-0.1, -0.05) is 52.3 Å². The predicted molar refractivity (Wildman–Crippen MR) is 93.8 cm³/mol. The minimum Gasteiger partial charge on any atom is -0.494 e. The molecule has 0 N–H and O–H groups in total. The minimum atomic E-state index is -0.294. The van der Waals surface area contributed by atoms with Gasteiger partial charge in [0.2, 0.25) is 0 Å². The second-order valence-electron chi connectivity index (χ2n) is 4.94. The molecule has 0 unspecified atom stereocenters. The first-order valence-electron chi connectivity index (χ1n) is 6.76. The summed E-state index contributed by atoms with van der Waals surface area (Å²) in [6, 6.07) is 17.9. The molecule has 2 aromatic rings. The lowest BCUT2D eigenvalue weighted by Crippen LogP contribution is -2.33. The van der Waals surface area contributed by atoms with Gasteiger partial charge in [-0.15, -0.1) is 23.2 Å². The van der Waals surface area contributed by atoms with Crippen molar-refractivity contribution in [2.75, 3.05) is 18.4 Å². The van der Waals surface area contributed by atoms with Crippen LogP contribution in [0.3, 0.4) is 0 Å². The molecule has 0 atom stereocenters. The Morgan fingerprint density at radius 1 is 0.905 bits per heavy atom. The lowest BCUT2D eigenvalue weighted by atomic mass is 9.81. The first-order chi connectivity index (χ1) is 10.2. The van der Waals surface area contributed by atoms with E-state index in [1.807, 2.05) is 48.5 Å². The monoisotopic (exact) mass is 386 g/mol. The van der Waals surface area contributed by atoms with Crippen LogP contribution in [0.15, 0.2) is 59.1 Å². The number of alkyl halides is 2. The lowest BCUT2D eigenvalue weighted by molar-refractivity contribution is 0.275. The van der Waals surface area contributed by atoms with E-state index in [0.29, 0.717) is 18.4 Å². The van der Waals surface area contributed by atoms with Crippen molar-refractivity contribution in [2.24, 2.45) is 0 Å². The molecular formula is C17H17BrCl2O. The number of para-hydroxylation sites is 1. The number of rotatable bonds is 7. The number of hydrogen-bond acceptors (Lipinski definition) is 1. The largest absolute Gasteiger partial charge is 0.494 e. The van der Waals surface area contributed by atoms with Crippen LogP contribution in [0.5, 0.6) is 5.75 Å². The van der Waals surface area contributed by atoms with Crippen molar-refractivity contribution in [1.82, 2.24) is 0 Å². The van der Waals surface area contributed by atoms with E-state index in [9.17, 15) is 0 Å². The maximum Gasteiger partial charge on any atom is 0.119 e. The quantitative estimate of drug-likeness (QED) is 0.559. The molecule has 0 aliphatic carbocycles. The van der Waals surface area contributed by atoms with Crippen molar-refractivity contribution in [1.29, 1.82) is 0 Å². The summed E-state index contributed by atoms with van der Waals surface area (Å²) in [6.45, 7) is 0.574. The second kappa shape index (κ2) is 8.07. The molecule has 0 heterocycles. The van der Waals surface area contributed by atoms with Gasteiger partial charge in [-0.05, 0) is 30.2 Å². The highest BCUT2D eigenvalue weighted by Crippen LogP contribution is 2.36. The van der Waals surface area contributed by atoms with E-state index in [0.717, 1.165) is 22.2 Å². The minimum absolute atomic E-state index is 0.294. The average molecular weight is 388 g/mol. The van der Waals surface area contributed by atoms with Gasteiger partial charge in [0, 0.05) is 21.6 Å². The van der Waals surface area contributed by atoms with Gasteiger partial charge in [-0.25, -0.2) is 0 Å². The highest BCUT2D eigenvalue weighted by atomic mass is 79.9. The molecule has 112 valence electrons. The van der Waals surface area contributed by atoms with E-state index in [4.69, 9.17) is 27.9 Å². The van der Waals surface area contributed by atoms with Crippen molar-refractivity contribution < 1.29 is 4.74 Å². The molecule has 0 saturated heterocycles. The van der Waals surface area contributed by atoms with Crippen molar-refractivity contribution in [3.63, 3.8) is 0 Å². The second-order valence-corrected chi connectivity index (χ2v) is 6.33. The van der Waals surface area contributed by atoms with Gasteiger partial charge in [0.05, 0.1) is 6.61 Å². The lowest BCUT2D eigenvalue weighted by Gasteiger charge is -2.31. The van der Waals surface area contributed by atoms with Crippen LogP contribution < -0.4 is 4.74 Å². The summed E-state index contributed by atoms with van der Waals surface area (Å²) in [5, 5.41) is 0. The standard InChI is InChI=1S/C17H17BrCl2O/c18-16-9-5-4-8-15(16)17(12-19,13-20)10-11-21-14-6-2-1-3-7-14/h1-9H,10-13H2. The molecule has 1 nitrogen and oxygen atoms in total. The van der Waals surface area contributed by atoms with Crippen LogP contribution in [-0.4, -0.2) is 18.4 Å². The molecule has 0 aliphatic rings. The zero-order valence-corrected chi connectivity index (χ0v) is 14.7. The number of hydrogen-bond donors (Lipinski definition) is 0. The van der Waals surface area contributed by atoms with Crippen molar-refractivity contribution in [3.05, 3.63) is 64.6 Å². The third kappa shape index (κ3) is 4.15. The maximum atomic E-state index is 6.25. The van der Waals surface area contributed by atoms with Crippen LogP contribution in [0.25, 0.3) is 0 Å². The summed E-state index contributed by atoms with van der Waals surface area (Å²) in [5.41, 5.74) is 0.838. The highest BCUT2D eigenvalue weighted by Gasteiger charge is 2.32. The fourth-order valence-corrected chi connectivity index (χ4v) is 3.77. The Hall–Kier alpha value is -0.700. The summed E-state index contributed by atoms with van der Waals surface area (Å²) in [6.07, 6.45) is 0.761. The van der Waals surface area contributed by atoms with Gasteiger partial charge in [0.25, 0.3) is 0 Å². The fourth-order valence-electron chi connectivity index (χ4n) is 2.22. The number of ether oxygens (including phenoxy) is 1. The van der Waals surface area contributed by atoms with Crippen LogP contribution in [0.4, 0.5) is 0 Å². The number of halogens is 3. The van der Waals surface area contributed by atoms with E-state index in [2.05, 4.69) is 22.0 Å². The summed E-state index contributed by atoms with van der Waals surface area (Å²) < 4.78 is 6.83. The molecule has 0 amide bonds. The Bertz CT molecular complexity index is 556. The third-order valence-corrected chi connectivity index (χ3v) is 5.26. The summed E-state index contributed by atoms with van der Waals surface area (Å²) in [7, 11) is 0. The SMILES string of the molecule is ClCC(CCl)(CCOc1ccccc1)c1ccccc1Br. The van der Waals surface area contributed by atoms with Crippen molar-refractivity contribution in [2.45, 2.75) is 11.8 Å². The molecule has 4 heteroatoms. The van der Waals surface area contributed by atoms with Crippen LogP contribution in [0, 0.1) is 0 Å². The molecule has 0 bridgehead atoms. The van der Waals surface area contributed by atoms with Gasteiger partial charge in [-0.2, -0.15) is 0 Å². The van der Waals surface area contributed by atoms with Crippen LogP contribution in [0.2, 0.25) is 0 Å². The molecule has 0 spiro atoms. The van der Waals surface area contributed by atoms with Gasteiger partial charge in [0.1, 0.15) is 5.75 Å². The number of benzene rings is 2. The van der Waals surface area contributed by atoms with Gasteiger partial charge in [-0.3, -0.25) is 0 Å².